The van der Waals surface area contributed by atoms with Crippen LogP contribution in [0.3, 0.4) is 0 Å². The Kier molecular flexibility index (Phi) is 3.06. The predicted molar refractivity (Wildman–Crippen MR) is 64.0 cm³/mol. The summed E-state index contributed by atoms with van der Waals surface area (Å²) in [6, 6.07) is 6.72. The van der Waals surface area contributed by atoms with Crippen molar-refractivity contribution in [2.75, 3.05) is 0 Å². The second-order valence-corrected chi connectivity index (χ2v) is 4.08. The molecule has 1 aromatic rings. The summed E-state index contributed by atoms with van der Waals surface area (Å²) in [7, 11) is 0. The Morgan fingerprint density at radius 3 is 2.62 bits per heavy atom. The number of hydrogen-bond donors (Lipinski definition) is 0. The minimum absolute atomic E-state index is 0.264. The zero-order chi connectivity index (χ0) is 11.5. The van der Waals surface area contributed by atoms with Crippen molar-refractivity contribution in [3.8, 4) is 0 Å². The third kappa shape index (κ3) is 2.31. The Hall–Kier alpha value is -1.61. The second-order valence-electron chi connectivity index (χ2n) is 3.64. The van der Waals surface area contributed by atoms with E-state index in [1.807, 2.05) is 18.2 Å². The average molecular weight is 236 g/mol. The Morgan fingerprint density at radius 2 is 2.00 bits per heavy atom. The molecule has 0 bridgehead atoms. The van der Waals surface area contributed by atoms with Crippen molar-refractivity contribution in [2.45, 2.75) is 12.5 Å². The van der Waals surface area contributed by atoms with Gasteiger partial charge in [-0.05, 0) is 29.3 Å². The zero-order valence-corrected chi connectivity index (χ0v) is 9.22. The van der Waals surface area contributed by atoms with Gasteiger partial charge in [-0.3, -0.25) is 10.1 Å². The quantitative estimate of drug-likeness (QED) is 0.583. The Bertz CT molecular complexity index is 462. The molecule has 4 heteroatoms. The average Bonchev–Trinajstić information content (AvgIpc) is 2.30. The van der Waals surface area contributed by atoms with Gasteiger partial charge >= 0.3 is 0 Å². The van der Waals surface area contributed by atoms with Crippen LogP contribution in [0.4, 0.5) is 0 Å². The molecule has 82 valence electrons. The standard InChI is InChI=1S/C12H10ClNO2/c13-11-6-4-9(5-7-11)10-2-1-3-12(8-10)14(15)16/h1-7,12H,8H2. The van der Waals surface area contributed by atoms with Gasteiger partial charge in [0, 0.05) is 16.4 Å². The fourth-order valence-electron chi connectivity index (χ4n) is 1.68. The lowest BCUT2D eigenvalue weighted by Gasteiger charge is -2.12. The summed E-state index contributed by atoms with van der Waals surface area (Å²) in [6.45, 7) is 0. The molecular weight excluding hydrogens is 226 g/mol. The first kappa shape index (κ1) is 10.9. The van der Waals surface area contributed by atoms with E-state index in [-0.39, 0.29) is 4.92 Å². The first-order chi connectivity index (χ1) is 7.66. The van der Waals surface area contributed by atoms with Crippen molar-refractivity contribution < 1.29 is 4.92 Å². The molecule has 0 N–H and O–H groups in total. The molecule has 1 unspecified atom stereocenters. The monoisotopic (exact) mass is 235 g/mol. The van der Waals surface area contributed by atoms with Crippen LogP contribution in [0.1, 0.15) is 12.0 Å². The first-order valence-corrected chi connectivity index (χ1v) is 5.31. The van der Waals surface area contributed by atoms with Gasteiger partial charge in [-0.1, -0.05) is 35.9 Å². The molecule has 16 heavy (non-hydrogen) atoms. The number of hydrogen-bond acceptors (Lipinski definition) is 2. The fourth-order valence-corrected chi connectivity index (χ4v) is 1.81. The van der Waals surface area contributed by atoms with Gasteiger partial charge in [-0.25, -0.2) is 0 Å². The number of rotatable bonds is 2. The lowest BCUT2D eigenvalue weighted by atomic mass is 9.95. The van der Waals surface area contributed by atoms with Crippen LogP contribution in [0.15, 0.2) is 42.5 Å². The summed E-state index contributed by atoms with van der Waals surface area (Å²) >= 11 is 5.79. The van der Waals surface area contributed by atoms with Crippen LogP contribution in [-0.2, 0) is 0 Å². The van der Waals surface area contributed by atoms with E-state index >= 15 is 0 Å². The molecule has 1 aliphatic rings. The lowest BCUT2D eigenvalue weighted by Crippen LogP contribution is -2.18. The summed E-state index contributed by atoms with van der Waals surface area (Å²) in [5.41, 5.74) is 1.96. The number of benzene rings is 1. The van der Waals surface area contributed by atoms with Crippen LogP contribution in [0.2, 0.25) is 5.02 Å². The van der Waals surface area contributed by atoms with Crippen molar-refractivity contribution in [3.05, 3.63) is 63.2 Å². The van der Waals surface area contributed by atoms with E-state index in [2.05, 4.69) is 0 Å². The molecular formula is C12H10ClNO2. The van der Waals surface area contributed by atoms with Gasteiger partial charge in [0.15, 0.2) is 0 Å². The molecule has 0 saturated carbocycles. The van der Waals surface area contributed by atoms with E-state index in [1.165, 1.54) is 0 Å². The van der Waals surface area contributed by atoms with E-state index < -0.39 is 6.04 Å². The molecule has 0 radical (unpaired) electrons. The maximum Gasteiger partial charge on any atom is 0.235 e. The first-order valence-electron chi connectivity index (χ1n) is 4.93. The van der Waals surface area contributed by atoms with E-state index in [0.29, 0.717) is 11.4 Å². The molecule has 0 aromatic heterocycles. The Morgan fingerprint density at radius 1 is 1.31 bits per heavy atom. The van der Waals surface area contributed by atoms with E-state index in [0.717, 1.165) is 11.1 Å². The van der Waals surface area contributed by atoms with Gasteiger partial charge in [0.1, 0.15) is 0 Å². The molecule has 2 rings (SSSR count). The zero-order valence-electron chi connectivity index (χ0n) is 8.47. The summed E-state index contributed by atoms with van der Waals surface area (Å²) in [4.78, 5) is 10.4. The Balaban J connectivity index is 2.23. The van der Waals surface area contributed by atoms with Crippen molar-refractivity contribution in [1.29, 1.82) is 0 Å². The highest BCUT2D eigenvalue weighted by Gasteiger charge is 2.21. The molecule has 1 atom stereocenters. The van der Waals surface area contributed by atoms with Gasteiger partial charge in [-0.15, -0.1) is 0 Å². The molecule has 0 fully saturated rings. The number of allylic oxidation sites excluding steroid dienone is 2. The third-order valence-corrected chi connectivity index (χ3v) is 2.80. The van der Waals surface area contributed by atoms with E-state index in [1.54, 1.807) is 24.3 Å². The van der Waals surface area contributed by atoms with Gasteiger partial charge in [0.05, 0.1) is 0 Å². The highest BCUT2D eigenvalue weighted by atomic mass is 35.5. The molecule has 0 amide bonds. The molecule has 0 spiro atoms. The molecule has 0 heterocycles. The van der Waals surface area contributed by atoms with Gasteiger partial charge < -0.3 is 0 Å². The van der Waals surface area contributed by atoms with Gasteiger partial charge in [0.2, 0.25) is 6.04 Å². The summed E-state index contributed by atoms with van der Waals surface area (Å²) in [5, 5.41) is 11.4. The van der Waals surface area contributed by atoms with Gasteiger partial charge in [-0.2, -0.15) is 0 Å². The maximum absolute atomic E-state index is 10.7. The second kappa shape index (κ2) is 4.49. The Labute approximate surface area is 98.2 Å². The van der Waals surface area contributed by atoms with Crippen LogP contribution in [0.5, 0.6) is 0 Å². The van der Waals surface area contributed by atoms with Crippen LogP contribution >= 0.6 is 11.6 Å². The fraction of sp³-hybridized carbons (Fsp3) is 0.167. The molecule has 0 aliphatic heterocycles. The maximum atomic E-state index is 10.7. The van der Waals surface area contributed by atoms with Gasteiger partial charge in [0.25, 0.3) is 0 Å². The highest BCUT2D eigenvalue weighted by molar-refractivity contribution is 6.30. The minimum Gasteiger partial charge on any atom is -0.264 e. The predicted octanol–water partition coefficient (Wildman–Crippen LogP) is 3.33. The third-order valence-electron chi connectivity index (χ3n) is 2.55. The number of nitro groups is 1. The SMILES string of the molecule is O=[N+]([O-])C1C=CC=C(c2ccc(Cl)cc2)C1. The van der Waals surface area contributed by atoms with Crippen molar-refractivity contribution in [2.24, 2.45) is 0 Å². The largest absolute Gasteiger partial charge is 0.264 e. The summed E-state index contributed by atoms with van der Waals surface area (Å²) in [6.07, 6.45) is 5.69. The van der Waals surface area contributed by atoms with Crippen LogP contribution in [0, 0.1) is 10.1 Å². The highest BCUT2D eigenvalue weighted by Crippen LogP contribution is 2.25. The molecule has 0 saturated heterocycles. The van der Waals surface area contributed by atoms with Crippen molar-refractivity contribution in [1.82, 2.24) is 0 Å². The topological polar surface area (TPSA) is 43.1 Å². The summed E-state index contributed by atoms with van der Waals surface area (Å²) in [5.74, 6) is 0. The van der Waals surface area contributed by atoms with Crippen molar-refractivity contribution in [3.63, 3.8) is 0 Å². The summed E-state index contributed by atoms with van der Waals surface area (Å²) < 4.78 is 0. The van der Waals surface area contributed by atoms with Crippen LogP contribution in [-0.4, -0.2) is 11.0 Å². The molecule has 1 aromatic carbocycles. The van der Waals surface area contributed by atoms with Crippen molar-refractivity contribution >= 4 is 17.2 Å². The normalized spacial score (nSPS) is 19.3. The smallest absolute Gasteiger partial charge is 0.235 e. The van der Waals surface area contributed by atoms with Crippen LogP contribution < -0.4 is 0 Å². The minimum atomic E-state index is -0.615. The molecule has 1 aliphatic carbocycles. The van der Waals surface area contributed by atoms with Crippen LogP contribution in [0.25, 0.3) is 5.57 Å². The molecule has 3 nitrogen and oxygen atoms in total. The van der Waals surface area contributed by atoms with E-state index in [4.69, 9.17) is 11.6 Å². The lowest BCUT2D eigenvalue weighted by molar-refractivity contribution is -0.508. The number of halogens is 1. The van der Waals surface area contributed by atoms with E-state index in [9.17, 15) is 10.1 Å². The number of nitrogens with zero attached hydrogens (tertiary/aromatic N) is 1.